The molecule has 2 aromatic carbocycles. The number of nitrogens with zero attached hydrogens (tertiary/aromatic N) is 2. The third-order valence-corrected chi connectivity index (χ3v) is 5.84. The number of benzene rings is 2. The van der Waals surface area contributed by atoms with Crippen LogP contribution in [0.25, 0.3) is 22.6 Å². The van der Waals surface area contributed by atoms with Gasteiger partial charge >= 0.3 is 0 Å². The molecule has 0 aliphatic rings. The van der Waals surface area contributed by atoms with E-state index in [1.54, 1.807) is 23.6 Å². The number of aromatic nitrogens is 3. The molecule has 0 radical (unpaired) electrons. The van der Waals surface area contributed by atoms with Gasteiger partial charge in [0.2, 0.25) is 5.91 Å². The van der Waals surface area contributed by atoms with Crippen LogP contribution in [0.1, 0.15) is 5.56 Å². The van der Waals surface area contributed by atoms with Crippen LogP contribution >= 0.6 is 23.6 Å². The van der Waals surface area contributed by atoms with Crippen LogP contribution in [0.5, 0.6) is 11.5 Å². The van der Waals surface area contributed by atoms with Crippen LogP contribution in [0, 0.1) is 0 Å². The number of hydrogen-bond acceptors (Lipinski definition) is 6. The molecule has 0 saturated carbocycles. The summed E-state index contributed by atoms with van der Waals surface area (Å²) in [5.74, 6) is 1.85. The largest absolute Gasteiger partial charge is 0.455 e. The Kier molecular flexibility index (Phi) is 6.28. The van der Waals surface area contributed by atoms with Crippen LogP contribution in [0.3, 0.4) is 0 Å². The molecule has 3 N–H and O–H groups in total. The highest BCUT2D eigenvalue weighted by atomic mass is 32.1. The number of anilines is 1. The summed E-state index contributed by atoms with van der Waals surface area (Å²) in [6.07, 6.45) is 1.93. The van der Waals surface area contributed by atoms with E-state index >= 15 is 0 Å². The molecule has 168 valence electrons. The topological polar surface area (TPSA) is 91.9 Å². The molecule has 0 unspecified atom stereocenters. The van der Waals surface area contributed by atoms with E-state index in [4.69, 9.17) is 17.0 Å². The molecule has 5 aromatic rings. The van der Waals surface area contributed by atoms with E-state index in [-0.39, 0.29) is 17.4 Å². The van der Waals surface area contributed by atoms with Crippen molar-refractivity contribution in [2.45, 2.75) is 6.42 Å². The predicted molar refractivity (Wildman–Crippen MR) is 138 cm³/mol. The summed E-state index contributed by atoms with van der Waals surface area (Å²) in [5, 5.41) is 9.98. The number of thiocarbonyl (C=S) groups is 1. The third kappa shape index (κ3) is 5.11. The Morgan fingerprint density at radius 3 is 2.65 bits per heavy atom. The first-order valence-corrected chi connectivity index (χ1v) is 11.8. The maximum absolute atomic E-state index is 12.2. The summed E-state index contributed by atoms with van der Waals surface area (Å²) >= 11 is 6.87. The first-order valence-electron chi connectivity index (χ1n) is 10.4. The quantitative estimate of drug-likeness (QED) is 0.274. The van der Waals surface area contributed by atoms with Gasteiger partial charge in [0, 0.05) is 28.9 Å². The number of H-pyrrole nitrogens is 1. The summed E-state index contributed by atoms with van der Waals surface area (Å²) in [4.78, 5) is 24.4. The Morgan fingerprint density at radius 1 is 1.06 bits per heavy atom. The van der Waals surface area contributed by atoms with Crippen molar-refractivity contribution in [1.82, 2.24) is 20.3 Å². The number of thiophene rings is 1. The number of pyridine rings is 1. The maximum Gasteiger partial charge on any atom is 0.230 e. The lowest BCUT2D eigenvalue weighted by Gasteiger charge is -2.11. The third-order valence-electron chi connectivity index (χ3n) is 4.95. The van der Waals surface area contributed by atoms with Crippen molar-refractivity contribution >= 4 is 51.4 Å². The summed E-state index contributed by atoms with van der Waals surface area (Å²) < 4.78 is 6.07. The van der Waals surface area contributed by atoms with Gasteiger partial charge in [0.1, 0.15) is 17.1 Å². The minimum Gasteiger partial charge on any atom is -0.455 e. The van der Waals surface area contributed by atoms with E-state index in [9.17, 15) is 4.79 Å². The normalized spacial score (nSPS) is 10.7. The number of carbonyl (C=O) groups excluding carboxylic acids is 1. The van der Waals surface area contributed by atoms with Crippen molar-refractivity contribution < 1.29 is 9.53 Å². The van der Waals surface area contributed by atoms with E-state index in [0.717, 1.165) is 28.2 Å². The fourth-order valence-electron chi connectivity index (χ4n) is 3.36. The molecule has 1 amide bonds. The molecular weight excluding hydrogens is 466 g/mol. The Labute approximate surface area is 204 Å². The summed E-state index contributed by atoms with van der Waals surface area (Å²) in [6, 6.07) is 20.6. The smallest absolute Gasteiger partial charge is 0.230 e. The second-order valence-corrected chi connectivity index (χ2v) is 8.58. The number of nitrogens with one attached hydrogen (secondary N) is 3. The van der Waals surface area contributed by atoms with Crippen LogP contribution in [0.15, 0.2) is 83.7 Å². The lowest BCUT2D eigenvalue weighted by molar-refractivity contribution is -0.119. The molecule has 0 spiro atoms. The van der Waals surface area contributed by atoms with Gasteiger partial charge in [-0.05, 0) is 53.5 Å². The Hall–Kier alpha value is -4.08. The van der Waals surface area contributed by atoms with Gasteiger partial charge in [0.15, 0.2) is 16.5 Å². The lowest BCUT2D eigenvalue weighted by atomic mass is 10.1. The average Bonchev–Trinajstić information content (AvgIpc) is 3.51. The maximum atomic E-state index is 12.2. The Bertz CT molecular complexity index is 1430. The molecule has 3 heterocycles. The summed E-state index contributed by atoms with van der Waals surface area (Å²) in [6.45, 7) is 0. The molecule has 9 heteroatoms. The zero-order valence-corrected chi connectivity index (χ0v) is 19.5. The number of rotatable bonds is 6. The van der Waals surface area contributed by atoms with E-state index < -0.39 is 0 Å². The second-order valence-electron chi connectivity index (χ2n) is 7.40. The number of imidazole rings is 1. The molecule has 7 nitrogen and oxygen atoms in total. The number of amides is 1. The van der Waals surface area contributed by atoms with Crippen molar-refractivity contribution in [3.8, 4) is 22.9 Å². The second kappa shape index (κ2) is 9.82. The van der Waals surface area contributed by atoms with Crippen molar-refractivity contribution in [2.24, 2.45) is 0 Å². The number of carbonyl (C=O) groups is 1. The highest BCUT2D eigenvalue weighted by molar-refractivity contribution is 7.80. The van der Waals surface area contributed by atoms with Crippen molar-refractivity contribution in [3.63, 3.8) is 0 Å². The van der Waals surface area contributed by atoms with E-state index in [0.29, 0.717) is 17.1 Å². The van der Waals surface area contributed by atoms with Crippen LogP contribution in [-0.2, 0) is 11.2 Å². The lowest BCUT2D eigenvalue weighted by Crippen LogP contribution is -2.35. The molecule has 0 aliphatic carbocycles. The van der Waals surface area contributed by atoms with Crippen LogP contribution in [0.2, 0.25) is 0 Å². The van der Waals surface area contributed by atoms with Gasteiger partial charge in [0.05, 0.1) is 6.42 Å². The minimum absolute atomic E-state index is 0.174. The molecule has 0 bridgehead atoms. The molecule has 0 fully saturated rings. The van der Waals surface area contributed by atoms with Crippen LogP contribution in [0.4, 0.5) is 5.69 Å². The zero-order chi connectivity index (χ0) is 23.3. The van der Waals surface area contributed by atoms with Gasteiger partial charge in [-0.2, -0.15) is 11.3 Å². The van der Waals surface area contributed by atoms with E-state index in [1.807, 2.05) is 71.4 Å². The van der Waals surface area contributed by atoms with E-state index in [2.05, 4.69) is 25.6 Å². The van der Waals surface area contributed by atoms with Gasteiger partial charge in [-0.15, -0.1) is 0 Å². The highest BCUT2D eigenvalue weighted by Gasteiger charge is 2.12. The van der Waals surface area contributed by atoms with Crippen molar-refractivity contribution in [1.29, 1.82) is 0 Å². The highest BCUT2D eigenvalue weighted by Crippen LogP contribution is 2.30. The number of fused-ring (bicyclic) bond motifs is 1. The SMILES string of the molecule is O=C(Cc1ccccc1)NC(=S)Nc1ccc(Oc2ccnc3nc(-c4ccsc4)[nH]c23)cc1. The standard InChI is InChI=1S/C25H19N5O2S2/c31-21(14-16-4-2-1-3-5-16)28-25(33)27-18-6-8-19(9-7-18)32-20-10-12-26-24-22(20)29-23(30-24)17-11-13-34-15-17/h1-13,15H,14H2,(H,26,29,30)(H2,27,28,31,33). The Morgan fingerprint density at radius 2 is 1.88 bits per heavy atom. The predicted octanol–water partition coefficient (Wildman–Crippen LogP) is 5.53. The van der Waals surface area contributed by atoms with Gasteiger partial charge in [-0.1, -0.05) is 30.3 Å². The fourth-order valence-corrected chi connectivity index (χ4v) is 4.23. The molecule has 3 aromatic heterocycles. The van der Waals surface area contributed by atoms with Gasteiger partial charge < -0.3 is 20.4 Å². The molecule has 0 atom stereocenters. The number of aromatic amines is 1. The van der Waals surface area contributed by atoms with Gasteiger partial charge in [0.25, 0.3) is 0 Å². The fraction of sp³-hybridized carbons (Fsp3) is 0.0400. The molecule has 0 saturated heterocycles. The first-order chi connectivity index (χ1) is 16.6. The summed E-state index contributed by atoms with van der Waals surface area (Å²) in [7, 11) is 0. The van der Waals surface area contributed by atoms with Crippen LogP contribution in [-0.4, -0.2) is 26.0 Å². The molecule has 5 rings (SSSR count). The van der Waals surface area contributed by atoms with Gasteiger partial charge in [-0.25, -0.2) is 9.97 Å². The average molecular weight is 486 g/mol. The molecular formula is C25H19N5O2S2. The monoisotopic (exact) mass is 485 g/mol. The summed E-state index contributed by atoms with van der Waals surface area (Å²) in [5.41, 5.74) is 3.99. The minimum atomic E-state index is -0.174. The number of ether oxygens (including phenoxy) is 1. The molecule has 34 heavy (non-hydrogen) atoms. The van der Waals surface area contributed by atoms with Gasteiger partial charge in [-0.3, -0.25) is 4.79 Å². The zero-order valence-electron chi connectivity index (χ0n) is 17.8. The van der Waals surface area contributed by atoms with Crippen LogP contribution < -0.4 is 15.4 Å². The molecule has 0 aliphatic heterocycles. The number of hydrogen-bond donors (Lipinski definition) is 3. The van der Waals surface area contributed by atoms with E-state index in [1.165, 1.54) is 0 Å². The first kappa shape index (κ1) is 21.7. The van der Waals surface area contributed by atoms with Crippen molar-refractivity contribution in [3.05, 3.63) is 89.3 Å². The van der Waals surface area contributed by atoms with Crippen molar-refractivity contribution in [2.75, 3.05) is 5.32 Å². The Balaban J connectivity index is 1.22.